The summed E-state index contributed by atoms with van der Waals surface area (Å²) in [5.74, 6) is 2.30. The molecule has 0 unspecified atom stereocenters. The zero-order valence-corrected chi connectivity index (χ0v) is 27.9. The van der Waals surface area contributed by atoms with Gasteiger partial charge in [0.05, 0.1) is 39.6 Å². The molecule has 0 aliphatic carbocycles. The number of ether oxygens (including phenoxy) is 6. The van der Waals surface area contributed by atoms with Crippen molar-refractivity contribution in [2.75, 3.05) is 28.4 Å². The zero-order valence-electron chi connectivity index (χ0n) is 27.9. The Hall–Kier alpha value is -5.76. The van der Waals surface area contributed by atoms with E-state index < -0.39 is 0 Å². The summed E-state index contributed by atoms with van der Waals surface area (Å²) < 4.78 is 34.4. The van der Waals surface area contributed by atoms with Crippen LogP contribution < -0.4 is 28.4 Å². The molecule has 0 aliphatic heterocycles. The van der Waals surface area contributed by atoms with Gasteiger partial charge in [0.25, 0.3) is 0 Å². The second-order valence-corrected chi connectivity index (χ2v) is 11.3. The summed E-state index contributed by atoms with van der Waals surface area (Å²) in [6.45, 7) is 4.07. The van der Waals surface area contributed by atoms with Gasteiger partial charge < -0.3 is 28.4 Å². The molecule has 0 aromatic heterocycles. The molecule has 0 spiro atoms. The maximum Gasteiger partial charge on any atom is 0.196 e. The Morgan fingerprint density at radius 1 is 0.458 bits per heavy atom. The lowest BCUT2D eigenvalue weighted by Crippen LogP contribution is -2.12. The van der Waals surface area contributed by atoms with Crippen LogP contribution in [0.4, 0.5) is 0 Å². The van der Waals surface area contributed by atoms with Gasteiger partial charge in [0, 0.05) is 29.3 Å². The molecule has 0 bridgehead atoms. The highest BCUT2D eigenvalue weighted by Gasteiger charge is 2.24. The van der Waals surface area contributed by atoms with Gasteiger partial charge in [0.15, 0.2) is 11.6 Å². The summed E-state index contributed by atoms with van der Waals surface area (Å²) in [4.78, 5) is 28.2. The van der Waals surface area contributed by atoms with Crippen molar-refractivity contribution >= 4 is 11.6 Å². The van der Waals surface area contributed by atoms with Gasteiger partial charge in [-0.15, -0.1) is 0 Å². The average Bonchev–Trinajstić information content (AvgIpc) is 3.12. The van der Waals surface area contributed by atoms with E-state index >= 15 is 0 Å². The van der Waals surface area contributed by atoms with Crippen LogP contribution in [-0.2, 0) is 13.2 Å². The number of rotatable bonds is 14. The van der Waals surface area contributed by atoms with Gasteiger partial charge in [-0.2, -0.15) is 0 Å². The number of aryl methyl sites for hydroxylation is 2. The molecule has 0 saturated carbocycles. The number of ketones is 2. The molecule has 0 N–H and O–H groups in total. The standard InChI is InChI=1S/C40H38O8/c1-25-7-11-29(12-8-25)39(41)35-21-36(40(42)30-13-9-26(2)10-14-30)38(48-24-28-17-33(45-5)20-34(18-28)46-6)22-37(35)47-23-27-15-31(43-3)19-32(16-27)44-4/h7-22H,23-24H2,1-6H3. The molecule has 48 heavy (non-hydrogen) atoms. The predicted molar refractivity (Wildman–Crippen MR) is 183 cm³/mol. The SMILES string of the molecule is COc1cc(COc2cc(OCc3cc(OC)cc(OC)c3)c(C(=O)c3ccc(C)cc3)cc2C(=O)c2ccc(C)cc2)cc(OC)c1. The normalized spacial score (nSPS) is 10.6. The van der Waals surface area contributed by atoms with Crippen molar-refractivity contribution < 1.29 is 38.0 Å². The minimum Gasteiger partial charge on any atom is -0.497 e. The topological polar surface area (TPSA) is 89.5 Å². The maximum absolute atomic E-state index is 14.1. The average molecular weight is 647 g/mol. The first-order chi connectivity index (χ1) is 23.2. The fourth-order valence-corrected chi connectivity index (χ4v) is 5.10. The Morgan fingerprint density at radius 3 is 1.10 bits per heavy atom. The van der Waals surface area contributed by atoms with E-state index in [1.165, 1.54) is 0 Å². The lowest BCUT2D eigenvalue weighted by molar-refractivity contribution is 0.103. The molecule has 0 fully saturated rings. The quantitative estimate of drug-likeness (QED) is 0.112. The van der Waals surface area contributed by atoms with Crippen LogP contribution in [0.5, 0.6) is 34.5 Å². The van der Waals surface area contributed by atoms with E-state index in [0.717, 1.165) is 22.3 Å². The van der Waals surface area contributed by atoms with Crippen molar-refractivity contribution in [1.29, 1.82) is 0 Å². The van der Waals surface area contributed by atoms with Crippen LogP contribution in [0.25, 0.3) is 0 Å². The monoisotopic (exact) mass is 646 g/mol. The zero-order chi connectivity index (χ0) is 34.2. The van der Waals surface area contributed by atoms with E-state index in [4.69, 9.17) is 28.4 Å². The minimum absolute atomic E-state index is 0.0829. The first kappa shape index (κ1) is 33.6. The summed E-state index contributed by atoms with van der Waals surface area (Å²) in [5, 5.41) is 0. The molecule has 5 rings (SSSR count). The molecular weight excluding hydrogens is 608 g/mol. The van der Waals surface area contributed by atoms with Crippen molar-refractivity contribution in [2.24, 2.45) is 0 Å². The number of benzene rings is 5. The van der Waals surface area contributed by atoms with Crippen LogP contribution in [0.15, 0.2) is 97.1 Å². The van der Waals surface area contributed by atoms with E-state index in [0.29, 0.717) is 34.1 Å². The lowest BCUT2D eigenvalue weighted by Gasteiger charge is -2.18. The van der Waals surface area contributed by atoms with Gasteiger partial charge in [0.1, 0.15) is 47.7 Å². The molecule has 0 radical (unpaired) electrons. The van der Waals surface area contributed by atoms with Crippen molar-refractivity contribution in [1.82, 2.24) is 0 Å². The minimum atomic E-state index is -0.296. The van der Waals surface area contributed by atoms with Gasteiger partial charge in [-0.25, -0.2) is 0 Å². The molecule has 8 heteroatoms. The Kier molecular flexibility index (Phi) is 10.7. The van der Waals surface area contributed by atoms with E-state index in [1.54, 1.807) is 77.0 Å². The number of carbonyl (C=O) groups is 2. The van der Waals surface area contributed by atoms with Gasteiger partial charge in [-0.1, -0.05) is 59.7 Å². The molecule has 0 amide bonds. The second kappa shape index (κ2) is 15.2. The van der Waals surface area contributed by atoms with Crippen LogP contribution in [0, 0.1) is 13.8 Å². The number of hydrogen-bond acceptors (Lipinski definition) is 8. The number of hydrogen-bond donors (Lipinski definition) is 0. The first-order valence-electron chi connectivity index (χ1n) is 15.3. The van der Waals surface area contributed by atoms with E-state index in [-0.39, 0.29) is 47.4 Å². The van der Waals surface area contributed by atoms with Gasteiger partial charge in [-0.3, -0.25) is 9.59 Å². The molecule has 0 aliphatic rings. The molecule has 5 aromatic rings. The Balaban J connectivity index is 1.62. The maximum atomic E-state index is 14.1. The Bertz CT molecular complexity index is 1730. The Labute approximate surface area is 280 Å². The molecule has 8 nitrogen and oxygen atoms in total. The predicted octanol–water partition coefficient (Wildman–Crippen LogP) is 7.96. The highest BCUT2D eigenvalue weighted by Crippen LogP contribution is 2.35. The summed E-state index contributed by atoms with van der Waals surface area (Å²) in [6, 6.07) is 28.5. The third kappa shape index (κ3) is 7.96. The fourth-order valence-electron chi connectivity index (χ4n) is 5.10. The Morgan fingerprint density at radius 2 is 0.792 bits per heavy atom. The van der Waals surface area contributed by atoms with Gasteiger partial charge >= 0.3 is 0 Å². The number of methoxy groups -OCH3 is 4. The lowest BCUT2D eigenvalue weighted by atomic mass is 9.95. The third-order valence-corrected chi connectivity index (χ3v) is 7.81. The van der Waals surface area contributed by atoms with Crippen molar-refractivity contribution in [3.05, 3.63) is 142 Å². The third-order valence-electron chi connectivity index (χ3n) is 7.81. The molecule has 0 saturated heterocycles. The van der Waals surface area contributed by atoms with E-state index in [9.17, 15) is 9.59 Å². The molecule has 5 aromatic carbocycles. The molecule has 0 heterocycles. The highest BCUT2D eigenvalue weighted by atomic mass is 16.5. The van der Waals surface area contributed by atoms with Crippen LogP contribution >= 0.6 is 0 Å². The van der Waals surface area contributed by atoms with Crippen LogP contribution in [0.1, 0.15) is 54.1 Å². The largest absolute Gasteiger partial charge is 0.497 e. The van der Waals surface area contributed by atoms with Crippen molar-refractivity contribution in [3.63, 3.8) is 0 Å². The molecular formula is C40H38O8. The highest BCUT2D eigenvalue weighted by molar-refractivity contribution is 6.15. The smallest absolute Gasteiger partial charge is 0.196 e. The summed E-state index contributed by atoms with van der Waals surface area (Å²) in [7, 11) is 6.29. The van der Waals surface area contributed by atoms with Crippen molar-refractivity contribution in [2.45, 2.75) is 27.1 Å². The van der Waals surface area contributed by atoms with Crippen LogP contribution in [0.3, 0.4) is 0 Å². The second-order valence-electron chi connectivity index (χ2n) is 11.3. The van der Waals surface area contributed by atoms with Gasteiger partial charge in [0.2, 0.25) is 0 Å². The van der Waals surface area contributed by atoms with Crippen LogP contribution in [-0.4, -0.2) is 40.0 Å². The summed E-state index contributed by atoms with van der Waals surface area (Å²) >= 11 is 0. The van der Waals surface area contributed by atoms with E-state index in [2.05, 4.69) is 0 Å². The van der Waals surface area contributed by atoms with Gasteiger partial charge in [-0.05, 0) is 55.3 Å². The van der Waals surface area contributed by atoms with Crippen LogP contribution in [0.2, 0.25) is 0 Å². The molecule has 246 valence electrons. The van der Waals surface area contributed by atoms with Crippen molar-refractivity contribution in [3.8, 4) is 34.5 Å². The first-order valence-corrected chi connectivity index (χ1v) is 15.3. The fraction of sp³-hybridized carbons (Fsp3) is 0.200. The summed E-state index contributed by atoms with van der Waals surface area (Å²) in [5.41, 5.74) is 4.90. The van der Waals surface area contributed by atoms with E-state index in [1.807, 2.05) is 62.4 Å². The molecule has 0 atom stereocenters. The number of carbonyl (C=O) groups excluding carboxylic acids is 2. The summed E-state index contributed by atoms with van der Waals surface area (Å²) in [6.07, 6.45) is 0.